The van der Waals surface area contributed by atoms with E-state index in [0.29, 0.717) is 10.8 Å². The number of fused-ring (bicyclic) bond motifs is 1. The fourth-order valence-electron chi connectivity index (χ4n) is 3.77. The van der Waals surface area contributed by atoms with E-state index >= 15 is 0 Å². The number of rotatable bonds is 5. The number of tetrazole rings is 1. The summed E-state index contributed by atoms with van der Waals surface area (Å²) in [6, 6.07) is 15.3. The quantitative estimate of drug-likeness (QED) is 0.471. The normalized spacial score (nSPS) is 14.4. The minimum Gasteiger partial charge on any atom is -0.497 e. The van der Waals surface area contributed by atoms with E-state index in [0.717, 1.165) is 48.2 Å². The molecule has 0 spiro atoms. The molecule has 1 unspecified atom stereocenters. The highest BCUT2D eigenvalue weighted by Crippen LogP contribution is 2.30. The van der Waals surface area contributed by atoms with Gasteiger partial charge in [-0.15, -0.1) is 25.2 Å². The molecule has 9 nitrogen and oxygen atoms in total. The Kier molecular flexibility index (Phi) is 5.03. The first-order chi connectivity index (χ1) is 15.1. The second-order valence-corrected chi connectivity index (χ2v) is 7.76. The van der Waals surface area contributed by atoms with Crippen molar-refractivity contribution in [1.29, 1.82) is 0 Å². The Bertz CT molecular complexity index is 1200. The lowest BCUT2D eigenvalue weighted by Crippen LogP contribution is -2.38. The third-order valence-corrected chi connectivity index (χ3v) is 5.65. The lowest BCUT2D eigenvalue weighted by atomic mass is 10.2. The number of hydrogen-bond acceptors (Lipinski definition) is 7. The zero-order valence-electron chi connectivity index (χ0n) is 17.2. The Morgan fingerprint density at radius 3 is 2.61 bits per heavy atom. The Labute approximate surface area is 184 Å². The van der Waals surface area contributed by atoms with Gasteiger partial charge in [0.05, 0.1) is 7.11 Å². The Hall–Kier alpha value is -3.46. The van der Waals surface area contributed by atoms with Gasteiger partial charge >= 0.3 is 0 Å². The molecule has 0 saturated heterocycles. The van der Waals surface area contributed by atoms with Crippen molar-refractivity contribution in [2.45, 2.75) is 26.1 Å². The topological polar surface area (TPSA) is 86.8 Å². The van der Waals surface area contributed by atoms with Gasteiger partial charge in [0, 0.05) is 29.2 Å². The zero-order chi connectivity index (χ0) is 21.4. The number of anilines is 1. The van der Waals surface area contributed by atoms with Crippen LogP contribution in [0, 0.1) is 0 Å². The molecular formula is C21H21ClN8O. The summed E-state index contributed by atoms with van der Waals surface area (Å²) in [6.45, 7) is 3.71. The monoisotopic (exact) mass is 436 g/mol. The molecule has 5 rings (SSSR count). The van der Waals surface area contributed by atoms with Gasteiger partial charge in [-0.3, -0.25) is 4.57 Å². The summed E-state index contributed by atoms with van der Waals surface area (Å²) in [4.78, 5) is 3.75. The highest BCUT2D eigenvalue weighted by atomic mass is 35.5. The number of halogens is 1. The average Bonchev–Trinajstić information content (AvgIpc) is 3.46. The third kappa shape index (κ3) is 3.61. The number of nitrogens with zero attached hydrogens (tertiary/aromatic N) is 8. The highest BCUT2D eigenvalue weighted by molar-refractivity contribution is 6.30. The zero-order valence-corrected chi connectivity index (χ0v) is 17.9. The van der Waals surface area contributed by atoms with Gasteiger partial charge in [-0.2, -0.15) is 0 Å². The van der Waals surface area contributed by atoms with Crippen molar-refractivity contribution in [3.05, 3.63) is 53.6 Å². The van der Waals surface area contributed by atoms with Crippen molar-refractivity contribution in [1.82, 2.24) is 35.0 Å². The first-order valence-electron chi connectivity index (χ1n) is 10.0. The molecule has 1 atom stereocenters. The molecule has 1 aliphatic rings. The van der Waals surface area contributed by atoms with Crippen LogP contribution in [0.25, 0.3) is 22.8 Å². The molecule has 0 bridgehead atoms. The van der Waals surface area contributed by atoms with Crippen LogP contribution in [0.2, 0.25) is 5.02 Å². The molecule has 1 aliphatic heterocycles. The van der Waals surface area contributed by atoms with E-state index in [1.54, 1.807) is 11.9 Å². The van der Waals surface area contributed by atoms with Gasteiger partial charge in [0.15, 0.2) is 5.82 Å². The van der Waals surface area contributed by atoms with Gasteiger partial charge in [0.1, 0.15) is 11.9 Å². The Morgan fingerprint density at radius 2 is 1.84 bits per heavy atom. The van der Waals surface area contributed by atoms with Gasteiger partial charge in [0.25, 0.3) is 0 Å². The summed E-state index contributed by atoms with van der Waals surface area (Å²) in [5.74, 6) is 2.98. The molecule has 0 radical (unpaired) electrons. The van der Waals surface area contributed by atoms with Crippen LogP contribution in [0.15, 0.2) is 48.5 Å². The maximum atomic E-state index is 6.10. The van der Waals surface area contributed by atoms with Gasteiger partial charge in [-0.05, 0) is 55.0 Å². The lowest BCUT2D eigenvalue weighted by molar-refractivity contribution is 0.376. The molecular weight excluding hydrogens is 416 g/mol. The predicted octanol–water partition coefficient (Wildman–Crippen LogP) is 3.69. The van der Waals surface area contributed by atoms with E-state index in [4.69, 9.17) is 16.3 Å². The molecule has 2 aromatic carbocycles. The van der Waals surface area contributed by atoms with Crippen LogP contribution in [0.1, 0.15) is 19.5 Å². The molecule has 4 aromatic rings. The van der Waals surface area contributed by atoms with E-state index in [1.807, 2.05) is 55.5 Å². The van der Waals surface area contributed by atoms with Crippen LogP contribution in [-0.2, 0) is 6.54 Å². The minimum atomic E-state index is -0.174. The molecule has 31 heavy (non-hydrogen) atoms. The molecule has 158 valence electrons. The second-order valence-electron chi connectivity index (χ2n) is 7.33. The molecule has 0 saturated carbocycles. The smallest absolute Gasteiger partial charge is 0.229 e. The van der Waals surface area contributed by atoms with Crippen molar-refractivity contribution in [3.63, 3.8) is 0 Å². The van der Waals surface area contributed by atoms with Crippen LogP contribution >= 0.6 is 11.6 Å². The van der Waals surface area contributed by atoms with E-state index in [-0.39, 0.29) is 6.17 Å². The third-order valence-electron chi connectivity index (χ3n) is 5.41. The van der Waals surface area contributed by atoms with Crippen molar-refractivity contribution in [3.8, 4) is 28.5 Å². The largest absolute Gasteiger partial charge is 0.497 e. The Morgan fingerprint density at radius 1 is 1.00 bits per heavy atom. The maximum Gasteiger partial charge on any atom is 0.229 e. The number of ether oxygens (including phenoxy) is 1. The first-order valence-corrected chi connectivity index (χ1v) is 10.4. The summed E-state index contributed by atoms with van der Waals surface area (Å²) in [7, 11) is 1.66. The molecule has 0 fully saturated rings. The van der Waals surface area contributed by atoms with Crippen LogP contribution in [-0.4, -0.2) is 48.6 Å². The fourth-order valence-corrected chi connectivity index (χ4v) is 3.96. The van der Waals surface area contributed by atoms with Gasteiger partial charge in [-0.1, -0.05) is 23.7 Å². The van der Waals surface area contributed by atoms with Crippen molar-refractivity contribution < 1.29 is 4.74 Å². The van der Waals surface area contributed by atoms with Crippen LogP contribution in [0.3, 0.4) is 0 Å². The van der Waals surface area contributed by atoms with Crippen LogP contribution in [0.5, 0.6) is 5.75 Å². The Balaban J connectivity index is 1.43. The lowest BCUT2D eigenvalue weighted by Gasteiger charge is -2.32. The maximum absolute atomic E-state index is 6.10. The van der Waals surface area contributed by atoms with Gasteiger partial charge in [0.2, 0.25) is 11.8 Å². The standard InChI is InChI=1S/C21H21ClN8O/c1-14(30-26-19(23-27-30)16-5-3-6-17(22)13-16)28-11-4-12-29-20(24-25-21(28)29)15-7-9-18(31-2)10-8-15/h3,5-10,13-14H,4,11-12H2,1-2H3. The number of aromatic nitrogens is 7. The second kappa shape index (κ2) is 7.99. The summed E-state index contributed by atoms with van der Waals surface area (Å²) < 4.78 is 7.39. The van der Waals surface area contributed by atoms with Crippen molar-refractivity contribution in [2.24, 2.45) is 0 Å². The minimum absolute atomic E-state index is 0.174. The molecule has 0 amide bonds. The van der Waals surface area contributed by atoms with Crippen molar-refractivity contribution >= 4 is 17.5 Å². The molecule has 0 aliphatic carbocycles. The van der Waals surface area contributed by atoms with Crippen molar-refractivity contribution in [2.75, 3.05) is 18.6 Å². The summed E-state index contributed by atoms with van der Waals surface area (Å²) in [6.07, 6.45) is 0.793. The van der Waals surface area contributed by atoms with E-state index in [9.17, 15) is 0 Å². The van der Waals surface area contributed by atoms with Gasteiger partial charge in [-0.25, -0.2) is 0 Å². The number of hydrogen-bond donors (Lipinski definition) is 0. The first kappa shape index (κ1) is 19.5. The molecule has 0 N–H and O–H groups in total. The van der Waals surface area contributed by atoms with Crippen LogP contribution < -0.4 is 9.64 Å². The average molecular weight is 437 g/mol. The van der Waals surface area contributed by atoms with E-state index in [2.05, 4.69) is 35.1 Å². The van der Waals surface area contributed by atoms with E-state index in [1.165, 1.54) is 0 Å². The van der Waals surface area contributed by atoms with Gasteiger partial charge < -0.3 is 9.64 Å². The summed E-state index contributed by atoms with van der Waals surface area (Å²) in [5, 5.41) is 22.6. The summed E-state index contributed by atoms with van der Waals surface area (Å²) >= 11 is 6.10. The van der Waals surface area contributed by atoms with Crippen LogP contribution in [0.4, 0.5) is 5.95 Å². The fraction of sp³-hybridized carbons (Fsp3) is 0.286. The number of methoxy groups -OCH3 is 1. The number of benzene rings is 2. The predicted molar refractivity (Wildman–Crippen MR) is 117 cm³/mol. The van der Waals surface area contributed by atoms with E-state index < -0.39 is 0 Å². The molecule has 3 heterocycles. The molecule has 2 aromatic heterocycles. The molecule has 10 heteroatoms. The SMILES string of the molecule is COc1ccc(-c2nnc3n2CCCN3C(C)n2nnc(-c3cccc(Cl)c3)n2)cc1. The summed E-state index contributed by atoms with van der Waals surface area (Å²) in [5.41, 5.74) is 1.82. The highest BCUT2D eigenvalue weighted by Gasteiger charge is 2.28.